The molecule has 2 rings (SSSR count). The molecule has 20 heavy (non-hydrogen) atoms. The van der Waals surface area contributed by atoms with E-state index in [1.165, 1.54) is 0 Å². The average Bonchev–Trinajstić information content (AvgIpc) is 2.49. The molecule has 1 N–H and O–H groups in total. The molecule has 0 aliphatic carbocycles. The van der Waals surface area contributed by atoms with Crippen LogP contribution in [0.25, 0.3) is 0 Å². The third kappa shape index (κ3) is 3.70. The van der Waals surface area contributed by atoms with Gasteiger partial charge in [-0.1, -0.05) is 80.4 Å². The number of alkyl halides is 2. The monoisotopic (exact) mass is 395 g/mol. The highest BCUT2D eigenvalue weighted by Crippen LogP contribution is 2.32. The van der Waals surface area contributed by atoms with E-state index in [9.17, 15) is 4.79 Å². The zero-order chi connectivity index (χ0) is 14.5. The summed E-state index contributed by atoms with van der Waals surface area (Å²) in [5, 5.41) is 2.94. The topological polar surface area (TPSA) is 29.1 Å². The molecule has 0 aliphatic heterocycles. The molecule has 0 spiro atoms. The molecule has 104 valence electrons. The minimum absolute atomic E-state index is 0.0648. The molecule has 0 bridgehead atoms. The summed E-state index contributed by atoms with van der Waals surface area (Å²) in [5.74, 6) is -0.0648. The van der Waals surface area contributed by atoms with E-state index >= 15 is 0 Å². The summed E-state index contributed by atoms with van der Waals surface area (Å²) in [7, 11) is 0. The van der Waals surface area contributed by atoms with Gasteiger partial charge in [0.15, 0.2) is 0 Å². The van der Waals surface area contributed by atoms with Crippen LogP contribution in [0.5, 0.6) is 0 Å². The molecule has 1 amide bonds. The summed E-state index contributed by atoms with van der Waals surface area (Å²) in [5.41, 5.74) is 2.95. The van der Waals surface area contributed by atoms with E-state index in [-0.39, 0.29) is 15.6 Å². The average molecular weight is 397 g/mol. The van der Waals surface area contributed by atoms with Crippen molar-refractivity contribution in [1.29, 1.82) is 0 Å². The molecule has 2 atom stereocenters. The first-order valence-corrected chi connectivity index (χ1v) is 8.12. The van der Waals surface area contributed by atoms with Crippen LogP contribution in [0.1, 0.15) is 16.0 Å². The van der Waals surface area contributed by atoms with Crippen LogP contribution in [0.15, 0.2) is 54.6 Å². The lowest BCUT2D eigenvalue weighted by Gasteiger charge is -2.17. The number of anilines is 1. The van der Waals surface area contributed by atoms with Gasteiger partial charge in [-0.2, -0.15) is 0 Å². The van der Waals surface area contributed by atoms with Crippen molar-refractivity contribution in [1.82, 2.24) is 0 Å². The molecule has 0 heterocycles. The van der Waals surface area contributed by atoms with Crippen LogP contribution in [-0.4, -0.2) is 10.7 Å². The molecule has 0 saturated heterocycles. The third-order valence-corrected chi connectivity index (χ3v) is 5.74. The van der Waals surface area contributed by atoms with Crippen molar-refractivity contribution in [2.24, 2.45) is 0 Å². The molecule has 4 heteroatoms. The number of benzene rings is 2. The number of aryl methyl sites for hydroxylation is 1. The number of carbonyl (C=O) groups is 1. The van der Waals surface area contributed by atoms with Crippen molar-refractivity contribution in [3.63, 3.8) is 0 Å². The van der Waals surface area contributed by atoms with Gasteiger partial charge in [0.25, 0.3) is 0 Å². The fraction of sp³-hybridized carbons (Fsp3) is 0.188. The van der Waals surface area contributed by atoms with Crippen molar-refractivity contribution in [3.05, 3.63) is 65.7 Å². The van der Waals surface area contributed by atoms with E-state index in [1.807, 2.05) is 61.5 Å². The largest absolute Gasteiger partial charge is 0.325 e. The molecular formula is C16H15Br2NO. The highest BCUT2D eigenvalue weighted by atomic mass is 79.9. The second kappa shape index (κ2) is 7.04. The summed E-state index contributed by atoms with van der Waals surface area (Å²) in [6.07, 6.45) is 0. The van der Waals surface area contributed by atoms with Crippen LogP contribution in [-0.2, 0) is 4.79 Å². The van der Waals surface area contributed by atoms with Gasteiger partial charge in [0.05, 0.1) is 4.83 Å². The smallest absolute Gasteiger partial charge is 0.239 e. The second-order valence-electron chi connectivity index (χ2n) is 4.52. The van der Waals surface area contributed by atoms with Gasteiger partial charge < -0.3 is 5.32 Å². The van der Waals surface area contributed by atoms with Gasteiger partial charge in [0, 0.05) is 5.69 Å². The lowest BCUT2D eigenvalue weighted by Crippen LogP contribution is -2.26. The summed E-state index contributed by atoms with van der Waals surface area (Å²) >= 11 is 7.04. The highest BCUT2D eigenvalue weighted by molar-refractivity contribution is 9.12. The Labute approximate surface area is 135 Å². The number of hydrogen-bond donors (Lipinski definition) is 1. The van der Waals surface area contributed by atoms with Gasteiger partial charge in [0.1, 0.15) is 4.83 Å². The predicted molar refractivity (Wildman–Crippen MR) is 90.6 cm³/mol. The predicted octanol–water partition coefficient (Wildman–Crippen LogP) is 4.83. The van der Waals surface area contributed by atoms with Gasteiger partial charge in [-0.3, -0.25) is 4.79 Å². The Kier molecular flexibility index (Phi) is 5.38. The Morgan fingerprint density at radius 2 is 1.60 bits per heavy atom. The number of nitrogens with one attached hydrogen (secondary N) is 1. The van der Waals surface area contributed by atoms with E-state index in [0.29, 0.717) is 0 Å². The van der Waals surface area contributed by atoms with Crippen molar-refractivity contribution in [2.75, 3.05) is 5.32 Å². The van der Waals surface area contributed by atoms with E-state index in [2.05, 4.69) is 37.2 Å². The molecule has 0 aromatic heterocycles. The number of rotatable bonds is 4. The molecule has 0 fully saturated rings. The van der Waals surface area contributed by atoms with Crippen LogP contribution in [0.2, 0.25) is 0 Å². The standard InChI is InChI=1S/C16H15Br2NO/c1-11-7-5-6-10-13(11)19-16(20)15(18)14(17)12-8-3-2-4-9-12/h2-10,14-15H,1H3,(H,19,20)/t14-,15-/m0/s1. The number of amides is 1. The fourth-order valence-corrected chi connectivity index (χ4v) is 2.82. The number of para-hydroxylation sites is 1. The Hall–Kier alpha value is -1.13. The molecule has 2 aromatic rings. The first-order chi connectivity index (χ1) is 9.59. The van der Waals surface area contributed by atoms with Crippen molar-refractivity contribution < 1.29 is 4.79 Å². The zero-order valence-corrected chi connectivity index (χ0v) is 14.2. The van der Waals surface area contributed by atoms with Gasteiger partial charge in [-0.25, -0.2) is 0 Å². The summed E-state index contributed by atoms with van der Waals surface area (Å²) < 4.78 is 0. The number of hydrogen-bond acceptors (Lipinski definition) is 1. The molecule has 0 aliphatic rings. The van der Waals surface area contributed by atoms with E-state index in [4.69, 9.17) is 0 Å². The Morgan fingerprint density at radius 3 is 2.25 bits per heavy atom. The summed E-state index contributed by atoms with van der Waals surface area (Å²) in [6, 6.07) is 17.6. The lowest BCUT2D eigenvalue weighted by atomic mass is 10.1. The lowest BCUT2D eigenvalue weighted by molar-refractivity contribution is -0.115. The van der Waals surface area contributed by atoms with E-state index in [0.717, 1.165) is 16.8 Å². The quantitative estimate of drug-likeness (QED) is 0.736. The number of carbonyl (C=O) groups excluding carboxylic acids is 1. The van der Waals surface area contributed by atoms with E-state index < -0.39 is 0 Å². The first-order valence-electron chi connectivity index (χ1n) is 6.29. The van der Waals surface area contributed by atoms with Crippen molar-refractivity contribution in [3.8, 4) is 0 Å². The Bertz CT molecular complexity index is 586. The van der Waals surface area contributed by atoms with Gasteiger partial charge in [-0.05, 0) is 24.1 Å². The molecular weight excluding hydrogens is 382 g/mol. The second-order valence-corrected chi connectivity index (χ2v) is 6.49. The normalized spacial score (nSPS) is 13.6. The SMILES string of the molecule is Cc1ccccc1NC(=O)[C@@H](Br)[C@@H](Br)c1ccccc1. The maximum Gasteiger partial charge on any atom is 0.239 e. The third-order valence-electron chi connectivity index (χ3n) is 3.03. The maximum atomic E-state index is 12.3. The minimum atomic E-state index is -0.343. The minimum Gasteiger partial charge on any atom is -0.325 e. The molecule has 0 unspecified atom stereocenters. The maximum absolute atomic E-state index is 12.3. The van der Waals surface area contributed by atoms with Crippen molar-refractivity contribution in [2.45, 2.75) is 16.6 Å². The van der Waals surface area contributed by atoms with Crippen LogP contribution in [0, 0.1) is 6.92 Å². The van der Waals surface area contributed by atoms with Crippen LogP contribution in [0.4, 0.5) is 5.69 Å². The summed E-state index contributed by atoms with van der Waals surface area (Å²) in [6.45, 7) is 1.97. The Morgan fingerprint density at radius 1 is 1.00 bits per heavy atom. The molecule has 0 saturated carbocycles. The fourth-order valence-electron chi connectivity index (χ4n) is 1.85. The molecule has 2 aromatic carbocycles. The molecule has 2 nitrogen and oxygen atoms in total. The zero-order valence-electron chi connectivity index (χ0n) is 11.0. The summed E-state index contributed by atoms with van der Waals surface area (Å²) in [4.78, 5) is 11.9. The van der Waals surface area contributed by atoms with Crippen LogP contribution >= 0.6 is 31.9 Å². The highest BCUT2D eigenvalue weighted by Gasteiger charge is 2.25. The van der Waals surface area contributed by atoms with Gasteiger partial charge in [-0.15, -0.1) is 0 Å². The first kappa shape index (κ1) is 15.3. The molecule has 0 radical (unpaired) electrons. The van der Waals surface area contributed by atoms with Gasteiger partial charge in [0.2, 0.25) is 5.91 Å². The van der Waals surface area contributed by atoms with Crippen LogP contribution in [0.3, 0.4) is 0 Å². The van der Waals surface area contributed by atoms with E-state index in [1.54, 1.807) is 0 Å². The van der Waals surface area contributed by atoms with Gasteiger partial charge >= 0.3 is 0 Å². The number of halogens is 2. The van der Waals surface area contributed by atoms with Crippen LogP contribution < -0.4 is 5.32 Å². The Balaban J connectivity index is 2.08. The van der Waals surface area contributed by atoms with Crippen molar-refractivity contribution >= 4 is 43.5 Å².